The lowest BCUT2D eigenvalue weighted by Gasteiger charge is -2.19. The van der Waals surface area contributed by atoms with Crippen LogP contribution in [0.3, 0.4) is 0 Å². The van der Waals surface area contributed by atoms with E-state index in [1.54, 1.807) is 24.3 Å². The maximum atomic E-state index is 13.1. The van der Waals surface area contributed by atoms with Gasteiger partial charge in [0.2, 0.25) is 0 Å². The number of hydrogen-bond donors (Lipinski definition) is 0. The van der Waals surface area contributed by atoms with Gasteiger partial charge in [-0.2, -0.15) is 0 Å². The van der Waals surface area contributed by atoms with Crippen LogP contribution in [0.25, 0.3) is 11.1 Å². The van der Waals surface area contributed by atoms with E-state index in [0.717, 1.165) is 34.5 Å². The molecule has 0 atom stereocenters. The standard InChI is InChI=1S/C23H19F4NO2/c24-20-6-1-16(2-7-20)14-28-11-12-29-22-10-5-18(13-19(22)15-28)17-3-8-21(9-4-17)30-23(25,26)27/h1-10,13H,11-12,14-15H2. The van der Waals surface area contributed by atoms with E-state index in [9.17, 15) is 17.6 Å². The monoisotopic (exact) mass is 417 g/mol. The van der Waals surface area contributed by atoms with Crippen molar-refractivity contribution < 1.29 is 27.0 Å². The number of halogens is 4. The quantitative estimate of drug-likeness (QED) is 0.502. The third-order valence-corrected chi connectivity index (χ3v) is 4.86. The van der Waals surface area contributed by atoms with Crippen molar-refractivity contribution in [2.75, 3.05) is 13.2 Å². The van der Waals surface area contributed by atoms with Gasteiger partial charge in [-0.15, -0.1) is 13.2 Å². The smallest absolute Gasteiger partial charge is 0.492 e. The highest BCUT2D eigenvalue weighted by Gasteiger charge is 2.31. The second kappa shape index (κ2) is 8.36. The molecule has 0 aromatic heterocycles. The second-order valence-corrected chi connectivity index (χ2v) is 7.08. The average Bonchev–Trinajstić information content (AvgIpc) is 2.90. The molecule has 3 nitrogen and oxygen atoms in total. The van der Waals surface area contributed by atoms with Crippen molar-refractivity contribution in [2.24, 2.45) is 0 Å². The van der Waals surface area contributed by atoms with Crippen LogP contribution in [0.4, 0.5) is 17.6 Å². The van der Waals surface area contributed by atoms with Gasteiger partial charge in [0.25, 0.3) is 0 Å². The highest BCUT2D eigenvalue weighted by molar-refractivity contribution is 5.66. The summed E-state index contributed by atoms with van der Waals surface area (Å²) in [5.41, 5.74) is 3.65. The molecule has 0 spiro atoms. The average molecular weight is 417 g/mol. The van der Waals surface area contributed by atoms with Crippen LogP contribution in [0.2, 0.25) is 0 Å². The molecule has 30 heavy (non-hydrogen) atoms. The first-order valence-electron chi connectivity index (χ1n) is 9.44. The molecule has 1 aliphatic rings. The van der Waals surface area contributed by atoms with E-state index in [4.69, 9.17) is 4.74 Å². The van der Waals surface area contributed by atoms with Crippen molar-refractivity contribution in [3.63, 3.8) is 0 Å². The van der Waals surface area contributed by atoms with Gasteiger partial charge in [-0.3, -0.25) is 4.90 Å². The molecule has 3 aromatic rings. The zero-order valence-corrected chi connectivity index (χ0v) is 16.0. The molecule has 0 amide bonds. The van der Waals surface area contributed by atoms with E-state index in [-0.39, 0.29) is 11.6 Å². The van der Waals surface area contributed by atoms with Gasteiger partial charge in [-0.25, -0.2) is 4.39 Å². The Bertz CT molecular complexity index is 1000. The largest absolute Gasteiger partial charge is 0.573 e. The molecular formula is C23H19F4NO2. The van der Waals surface area contributed by atoms with E-state index >= 15 is 0 Å². The summed E-state index contributed by atoms with van der Waals surface area (Å²) in [5, 5.41) is 0. The summed E-state index contributed by atoms with van der Waals surface area (Å²) >= 11 is 0. The number of hydrogen-bond acceptors (Lipinski definition) is 3. The number of nitrogens with zero attached hydrogens (tertiary/aromatic N) is 1. The highest BCUT2D eigenvalue weighted by Crippen LogP contribution is 2.31. The Morgan fingerprint density at radius 2 is 1.60 bits per heavy atom. The maximum Gasteiger partial charge on any atom is 0.573 e. The summed E-state index contributed by atoms with van der Waals surface area (Å²) in [5.74, 6) is 0.270. The zero-order chi connectivity index (χ0) is 21.1. The molecule has 0 N–H and O–H groups in total. The highest BCUT2D eigenvalue weighted by atomic mass is 19.4. The molecule has 3 aromatic carbocycles. The van der Waals surface area contributed by atoms with Crippen LogP contribution in [-0.2, 0) is 13.1 Å². The van der Waals surface area contributed by atoms with Crippen molar-refractivity contribution in [1.29, 1.82) is 0 Å². The maximum absolute atomic E-state index is 13.1. The summed E-state index contributed by atoms with van der Waals surface area (Å²) < 4.78 is 60.0. The molecule has 0 bridgehead atoms. The Hall–Kier alpha value is -3.06. The van der Waals surface area contributed by atoms with Crippen LogP contribution in [0.5, 0.6) is 11.5 Å². The Kier molecular flexibility index (Phi) is 5.63. The van der Waals surface area contributed by atoms with Gasteiger partial charge in [0.05, 0.1) is 0 Å². The SMILES string of the molecule is Fc1ccc(CN2CCOc3ccc(-c4ccc(OC(F)(F)F)cc4)cc3C2)cc1. The van der Waals surface area contributed by atoms with Gasteiger partial charge < -0.3 is 9.47 Å². The van der Waals surface area contributed by atoms with Crippen molar-refractivity contribution in [3.05, 3.63) is 83.7 Å². The summed E-state index contributed by atoms with van der Waals surface area (Å²) in [6, 6.07) is 18.0. The summed E-state index contributed by atoms with van der Waals surface area (Å²) in [6.07, 6.45) is -4.71. The number of ether oxygens (including phenoxy) is 2. The molecular weight excluding hydrogens is 398 g/mol. The van der Waals surface area contributed by atoms with E-state index in [1.807, 2.05) is 18.2 Å². The predicted octanol–water partition coefficient (Wildman–Crippen LogP) is 5.79. The summed E-state index contributed by atoms with van der Waals surface area (Å²) in [6.45, 7) is 2.58. The molecule has 0 radical (unpaired) electrons. The molecule has 0 unspecified atom stereocenters. The second-order valence-electron chi connectivity index (χ2n) is 7.08. The van der Waals surface area contributed by atoms with Crippen molar-refractivity contribution in [3.8, 4) is 22.6 Å². The van der Waals surface area contributed by atoms with Crippen molar-refractivity contribution >= 4 is 0 Å². The Balaban J connectivity index is 1.52. The topological polar surface area (TPSA) is 21.7 Å². The lowest BCUT2D eigenvalue weighted by molar-refractivity contribution is -0.274. The first-order valence-corrected chi connectivity index (χ1v) is 9.44. The normalized spacial score (nSPS) is 14.5. The molecule has 1 aliphatic heterocycles. The fourth-order valence-electron chi connectivity index (χ4n) is 3.46. The Morgan fingerprint density at radius 3 is 2.30 bits per heavy atom. The fraction of sp³-hybridized carbons (Fsp3) is 0.217. The molecule has 0 aliphatic carbocycles. The van der Waals surface area contributed by atoms with Gasteiger partial charge >= 0.3 is 6.36 Å². The minimum atomic E-state index is -4.71. The first-order chi connectivity index (χ1) is 14.4. The summed E-state index contributed by atoms with van der Waals surface area (Å²) in [7, 11) is 0. The number of benzene rings is 3. The van der Waals surface area contributed by atoms with Crippen LogP contribution < -0.4 is 9.47 Å². The van der Waals surface area contributed by atoms with Crippen LogP contribution in [0.1, 0.15) is 11.1 Å². The molecule has 156 valence electrons. The van der Waals surface area contributed by atoms with Gasteiger partial charge in [-0.05, 0) is 53.1 Å². The zero-order valence-electron chi connectivity index (χ0n) is 16.0. The molecule has 1 heterocycles. The number of rotatable bonds is 4. The van der Waals surface area contributed by atoms with Crippen LogP contribution in [0.15, 0.2) is 66.7 Å². The van der Waals surface area contributed by atoms with Gasteiger partial charge in [0, 0.05) is 25.2 Å². The van der Waals surface area contributed by atoms with E-state index in [2.05, 4.69) is 9.64 Å². The minimum absolute atomic E-state index is 0.255. The van der Waals surface area contributed by atoms with Crippen LogP contribution >= 0.6 is 0 Å². The van der Waals surface area contributed by atoms with Crippen molar-refractivity contribution in [2.45, 2.75) is 19.5 Å². The van der Waals surface area contributed by atoms with Crippen molar-refractivity contribution in [1.82, 2.24) is 4.90 Å². The van der Waals surface area contributed by atoms with E-state index in [0.29, 0.717) is 19.7 Å². The molecule has 4 rings (SSSR count). The van der Waals surface area contributed by atoms with E-state index < -0.39 is 6.36 Å². The summed E-state index contributed by atoms with van der Waals surface area (Å²) in [4.78, 5) is 2.21. The van der Waals surface area contributed by atoms with Gasteiger partial charge in [-0.1, -0.05) is 30.3 Å². The number of alkyl halides is 3. The van der Waals surface area contributed by atoms with Gasteiger partial charge in [0.1, 0.15) is 23.9 Å². The van der Waals surface area contributed by atoms with Crippen LogP contribution in [-0.4, -0.2) is 24.4 Å². The molecule has 0 saturated heterocycles. The molecule has 0 fully saturated rings. The minimum Gasteiger partial charge on any atom is -0.492 e. The lowest BCUT2D eigenvalue weighted by atomic mass is 10.0. The number of fused-ring (bicyclic) bond motifs is 1. The van der Waals surface area contributed by atoms with Gasteiger partial charge in [0.15, 0.2) is 0 Å². The first kappa shape index (κ1) is 20.2. The Morgan fingerprint density at radius 1 is 0.900 bits per heavy atom. The third kappa shape index (κ3) is 5.10. The fourth-order valence-corrected chi connectivity index (χ4v) is 3.46. The molecule has 0 saturated carbocycles. The van der Waals surface area contributed by atoms with Crippen LogP contribution in [0, 0.1) is 5.82 Å². The molecule has 7 heteroatoms. The Labute approximate surface area is 171 Å². The lowest BCUT2D eigenvalue weighted by Crippen LogP contribution is -2.25. The van der Waals surface area contributed by atoms with E-state index in [1.165, 1.54) is 24.3 Å². The third-order valence-electron chi connectivity index (χ3n) is 4.86. The predicted molar refractivity (Wildman–Crippen MR) is 105 cm³/mol.